The molecule has 1 aliphatic heterocycles. The summed E-state index contributed by atoms with van der Waals surface area (Å²) in [6.45, 7) is 0. The number of rotatable bonds is 4. The number of primary sulfonamides is 1. The lowest BCUT2D eigenvalue weighted by Gasteiger charge is -2.06. The Bertz CT molecular complexity index is 966. The Morgan fingerprint density at radius 3 is 2.54 bits per heavy atom. The number of benzene rings is 1. The number of sulfonamides is 1. The summed E-state index contributed by atoms with van der Waals surface area (Å²) in [6.07, 6.45) is 3.24. The predicted octanol–water partition coefficient (Wildman–Crippen LogP) is 0.272. The fraction of sp³-hybridized carbons (Fsp3) is 0. The van der Waals surface area contributed by atoms with E-state index >= 15 is 0 Å². The summed E-state index contributed by atoms with van der Waals surface area (Å²) >= 11 is 0. The molecule has 5 N–H and O–H groups in total. The van der Waals surface area contributed by atoms with Gasteiger partial charge in [-0.15, -0.1) is 10.2 Å². The minimum Gasteiger partial charge on any atom is -0.380 e. The van der Waals surface area contributed by atoms with Crippen molar-refractivity contribution in [3.05, 3.63) is 54.4 Å². The first-order chi connectivity index (χ1) is 11.4. The van der Waals surface area contributed by atoms with Crippen LogP contribution in [0.1, 0.15) is 5.56 Å². The standard InChI is InChI=1S/C14H13N7O2S/c15-14-13(12(19-21-14)9-4-6-17-7-5-9)20-18-10-2-1-3-11(8-10)24(16,22)23/h1-8,18H,(H2,15,20,21)(H2,16,22,23). The van der Waals surface area contributed by atoms with Gasteiger partial charge in [-0.25, -0.2) is 13.6 Å². The predicted molar refractivity (Wildman–Crippen MR) is 91.3 cm³/mol. The molecule has 24 heavy (non-hydrogen) atoms. The highest BCUT2D eigenvalue weighted by atomic mass is 32.2. The summed E-state index contributed by atoms with van der Waals surface area (Å²) in [5.74, 6) is 0.150. The van der Waals surface area contributed by atoms with Crippen LogP contribution in [0.25, 0.3) is 0 Å². The van der Waals surface area contributed by atoms with E-state index in [0.717, 1.165) is 5.56 Å². The maximum Gasteiger partial charge on any atom is 0.238 e. The number of nitrogens with one attached hydrogen (secondary N) is 1. The van der Waals surface area contributed by atoms with Gasteiger partial charge in [0.2, 0.25) is 10.0 Å². The summed E-state index contributed by atoms with van der Waals surface area (Å²) in [5, 5.41) is 17.1. The number of anilines is 1. The Morgan fingerprint density at radius 2 is 1.83 bits per heavy atom. The number of hydrogen-bond donors (Lipinski definition) is 3. The second-order valence-electron chi connectivity index (χ2n) is 4.81. The molecule has 1 aromatic heterocycles. The normalized spacial score (nSPS) is 16.0. The van der Waals surface area contributed by atoms with Crippen LogP contribution in [0.15, 0.2) is 69.0 Å². The quantitative estimate of drug-likeness (QED) is 0.681. The molecule has 0 fully saturated rings. The van der Waals surface area contributed by atoms with Crippen LogP contribution in [-0.2, 0) is 10.0 Å². The third kappa shape index (κ3) is 3.29. The molecule has 1 aliphatic rings. The minimum atomic E-state index is -3.79. The number of hydrazone groups is 1. The van der Waals surface area contributed by atoms with Crippen molar-refractivity contribution < 1.29 is 8.42 Å². The van der Waals surface area contributed by atoms with Crippen molar-refractivity contribution in [2.75, 3.05) is 5.43 Å². The SMILES string of the molecule is NC1=NN=C(c2ccncc2)/C1=N\Nc1cccc(S(N)(=O)=O)c1. The number of nitrogens with zero attached hydrogens (tertiary/aromatic N) is 4. The van der Waals surface area contributed by atoms with Gasteiger partial charge in [0.05, 0.1) is 10.6 Å². The van der Waals surface area contributed by atoms with E-state index in [0.29, 0.717) is 17.1 Å². The zero-order chi connectivity index (χ0) is 17.2. The Balaban J connectivity index is 1.88. The Kier molecular flexibility index (Phi) is 4.06. The van der Waals surface area contributed by atoms with Crippen LogP contribution in [-0.4, -0.2) is 30.7 Å². The molecular weight excluding hydrogens is 330 g/mol. The third-order valence-electron chi connectivity index (χ3n) is 3.14. The fourth-order valence-electron chi connectivity index (χ4n) is 2.00. The van der Waals surface area contributed by atoms with Crippen molar-refractivity contribution >= 4 is 33.0 Å². The molecule has 0 radical (unpaired) electrons. The van der Waals surface area contributed by atoms with E-state index in [-0.39, 0.29) is 10.7 Å². The molecule has 0 saturated heterocycles. The van der Waals surface area contributed by atoms with Gasteiger partial charge in [-0.2, -0.15) is 5.10 Å². The molecule has 0 aliphatic carbocycles. The van der Waals surface area contributed by atoms with Crippen LogP contribution >= 0.6 is 0 Å². The monoisotopic (exact) mass is 343 g/mol. The number of hydrogen-bond acceptors (Lipinski definition) is 8. The highest BCUT2D eigenvalue weighted by molar-refractivity contribution is 7.89. The van der Waals surface area contributed by atoms with Crippen molar-refractivity contribution in [1.29, 1.82) is 0 Å². The summed E-state index contributed by atoms with van der Waals surface area (Å²) in [5.41, 5.74) is 10.6. The molecule has 122 valence electrons. The van der Waals surface area contributed by atoms with Gasteiger partial charge < -0.3 is 5.73 Å². The molecule has 2 aromatic rings. The van der Waals surface area contributed by atoms with Crippen LogP contribution in [0.4, 0.5) is 5.69 Å². The van der Waals surface area contributed by atoms with Gasteiger partial charge in [-0.05, 0) is 30.3 Å². The Labute approximate surface area is 137 Å². The average molecular weight is 343 g/mol. The second-order valence-corrected chi connectivity index (χ2v) is 6.38. The van der Waals surface area contributed by atoms with Crippen molar-refractivity contribution in [2.45, 2.75) is 4.90 Å². The maximum atomic E-state index is 11.4. The van der Waals surface area contributed by atoms with Crippen molar-refractivity contribution in [3.63, 3.8) is 0 Å². The van der Waals surface area contributed by atoms with Crippen LogP contribution in [0.2, 0.25) is 0 Å². The first-order valence-corrected chi connectivity index (χ1v) is 8.28. The van der Waals surface area contributed by atoms with Gasteiger partial charge in [0.15, 0.2) is 11.5 Å². The lowest BCUT2D eigenvalue weighted by Crippen LogP contribution is -2.28. The topological polar surface area (TPSA) is 148 Å². The van der Waals surface area contributed by atoms with Crippen molar-refractivity contribution in [3.8, 4) is 0 Å². The minimum absolute atomic E-state index is 0.0243. The van der Waals surface area contributed by atoms with Gasteiger partial charge in [0.25, 0.3) is 0 Å². The molecule has 0 unspecified atom stereocenters. The van der Waals surface area contributed by atoms with E-state index < -0.39 is 10.0 Å². The zero-order valence-electron chi connectivity index (χ0n) is 12.3. The molecule has 0 saturated carbocycles. The molecule has 9 nitrogen and oxygen atoms in total. The van der Waals surface area contributed by atoms with Gasteiger partial charge >= 0.3 is 0 Å². The van der Waals surface area contributed by atoms with E-state index in [2.05, 4.69) is 25.7 Å². The summed E-state index contributed by atoms with van der Waals surface area (Å²) in [7, 11) is -3.79. The number of aromatic nitrogens is 1. The smallest absolute Gasteiger partial charge is 0.238 e. The molecule has 0 atom stereocenters. The van der Waals surface area contributed by atoms with Gasteiger partial charge in [-0.1, -0.05) is 6.07 Å². The van der Waals surface area contributed by atoms with Crippen molar-refractivity contribution in [2.24, 2.45) is 26.2 Å². The number of amidine groups is 1. The largest absolute Gasteiger partial charge is 0.380 e. The first kappa shape index (κ1) is 15.8. The van der Waals surface area contributed by atoms with E-state index in [1.54, 1.807) is 36.7 Å². The zero-order valence-corrected chi connectivity index (χ0v) is 13.1. The van der Waals surface area contributed by atoms with Crippen LogP contribution in [0, 0.1) is 0 Å². The summed E-state index contributed by atoms with van der Waals surface area (Å²) in [4.78, 5) is 3.91. The van der Waals surface area contributed by atoms with E-state index in [1.165, 1.54) is 12.1 Å². The van der Waals surface area contributed by atoms with E-state index in [9.17, 15) is 8.42 Å². The molecule has 0 spiro atoms. The molecule has 1 aromatic carbocycles. The van der Waals surface area contributed by atoms with Crippen LogP contribution in [0.3, 0.4) is 0 Å². The average Bonchev–Trinajstić information content (AvgIpc) is 2.94. The lowest BCUT2D eigenvalue weighted by atomic mass is 10.1. The molecular formula is C14H13N7O2S. The molecule has 2 heterocycles. The lowest BCUT2D eigenvalue weighted by molar-refractivity contribution is 0.598. The molecule has 10 heteroatoms. The van der Waals surface area contributed by atoms with Gasteiger partial charge in [0.1, 0.15) is 5.71 Å². The Morgan fingerprint density at radius 1 is 1.08 bits per heavy atom. The summed E-state index contributed by atoms with van der Waals surface area (Å²) < 4.78 is 22.8. The third-order valence-corrected chi connectivity index (χ3v) is 4.05. The van der Waals surface area contributed by atoms with Gasteiger partial charge in [0, 0.05) is 18.0 Å². The number of pyridine rings is 1. The van der Waals surface area contributed by atoms with Gasteiger partial charge in [-0.3, -0.25) is 10.4 Å². The second kappa shape index (κ2) is 6.18. The maximum absolute atomic E-state index is 11.4. The number of nitrogens with two attached hydrogens (primary N) is 2. The van der Waals surface area contributed by atoms with Crippen LogP contribution in [0.5, 0.6) is 0 Å². The highest BCUT2D eigenvalue weighted by Gasteiger charge is 2.21. The Hall–Kier alpha value is -3.11. The summed E-state index contributed by atoms with van der Waals surface area (Å²) in [6, 6.07) is 9.46. The van der Waals surface area contributed by atoms with Crippen LogP contribution < -0.4 is 16.3 Å². The fourth-order valence-corrected chi connectivity index (χ4v) is 2.56. The molecule has 0 amide bonds. The van der Waals surface area contributed by atoms with E-state index in [1.807, 2.05) is 0 Å². The van der Waals surface area contributed by atoms with Crippen molar-refractivity contribution in [1.82, 2.24) is 4.98 Å². The van der Waals surface area contributed by atoms with E-state index in [4.69, 9.17) is 10.9 Å². The first-order valence-electron chi connectivity index (χ1n) is 6.74. The highest BCUT2D eigenvalue weighted by Crippen LogP contribution is 2.15. The molecule has 3 rings (SSSR count). The molecule has 0 bridgehead atoms.